The molecule has 0 atom stereocenters. The SMILES string of the molecule is CSc1ccc(NC(=O)Cc2ccc(C#N)cc2)cc1. The summed E-state index contributed by atoms with van der Waals surface area (Å²) in [5.74, 6) is -0.0633. The number of benzene rings is 2. The highest BCUT2D eigenvalue weighted by Gasteiger charge is 2.04. The van der Waals surface area contributed by atoms with Gasteiger partial charge in [-0.25, -0.2) is 0 Å². The van der Waals surface area contributed by atoms with Gasteiger partial charge in [-0.05, 0) is 48.2 Å². The molecule has 2 aromatic carbocycles. The smallest absolute Gasteiger partial charge is 0.228 e. The highest BCUT2D eigenvalue weighted by atomic mass is 32.2. The van der Waals surface area contributed by atoms with Crippen molar-refractivity contribution in [2.75, 3.05) is 11.6 Å². The van der Waals surface area contributed by atoms with Gasteiger partial charge in [0.15, 0.2) is 0 Å². The fraction of sp³-hybridized carbons (Fsp3) is 0.125. The van der Waals surface area contributed by atoms with E-state index in [9.17, 15) is 4.79 Å². The molecule has 0 aliphatic rings. The van der Waals surface area contributed by atoms with Crippen molar-refractivity contribution in [3.63, 3.8) is 0 Å². The average Bonchev–Trinajstić information content (AvgIpc) is 2.49. The molecule has 0 spiro atoms. The van der Waals surface area contributed by atoms with E-state index >= 15 is 0 Å². The average molecular weight is 282 g/mol. The van der Waals surface area contributed by atoms with Crippen molar-refractivity contribution >= 4 is 23.4 Å². The highest BCUT2D eigenvalue weighted by molar-refractivity contribution is 7.98. The molecule has 2 aromatic rings. The minimum absolute atomic E-state index is 0.0633. The van der Waals surface area contributed by atoms with Crippen molar-refractivity contribution < 1.29 is 4.79 Å². The molecule has 1 amide bonds. The van der Waals surface area contributed by atoms with Gasteiger partial charge in [-0.2, -0.15) is 5.26 Å². The first kappa shape index (κ1) is 14.2. The minimum atomic E-state index is -0.0633. The Balaban J connectivity index is 1.95. The van der Waals surface area contributed by atoms with E-state index < -0.39 is 0 Å². The van der Waals surface area contributed by atoms with Crippen LogP contribution in [0, 0.1) is 11.3 Å². The van der Waals surface area contributed by atoms with Gasteiger partial charge < -0.3 is 5.32 Å². The van der Waals surface area contributed by atoms with Crippen LogP contribution in [-0.2, 0) is 11.2 Å². The van der Waals surface area contributed by atoms with Gasteiger partial charge in [-0.3, -0.25) is 4.79 Å². The van der Waals surface area contributed by atoms with Gasteiger partial charge in [0.25, 0.3) is 0 Å². The van der Waals surface area contributed by atoms with Crippen molar-refractivity contribution in [2.24, 2.45) is 0 Å². The molecule has 100 valence electrons. The molecule has 0 aliphatic carbocycles. The van der Waals surface area contributed by atoms with E-state index in [1.54, 1.807) is 36.0 Å². The molecule has 0 bridgehead atoms. The van der Waals surface area contributed by atoms with Crippen molar-refractivity contribution in [1.82, 2.24) is 0 Å². The summed E-state index contributed by atoms with van der Waals surface area (Å²) in [5.41, 5.74) is 2.28. The number of hydrogen-bond acceptors (Lipinski definition) is 3. The van der Waals surface area contributed by atoms with Crippen LogP contribution in [0.3, 0.4) is 0 Å². The summed E-state index contributed by atoms with van der Waals surface area (Å²) in [6.45, 7) is 0. The van der Waals surface area contributed by atoms with Crippen molar-refractivity contribution in [1.29, 1.82) is 5.26 Å². The van der Waals surface area contributed by atoms with Crippen LogP contribution in [0.25, 0.3) is 0 Å². The number of rotatable bonds is 4. The predicted molar refractivity (Wildman–Crippen MR) is 81.7 cm³/mol. The lowest BCUT2D eigenvalue weighted by molar-refractivity contribution is -0.115. The first-order chi connectivity index (χ1) is 9.71. The predicted octanol–water partition coefficient (Wildman–Crippen LogP) is 3.46. The maximum atomic E-state index is 11.9. The molecule has 2 rings (SSSR count). The Morgan fingerprint density at radius 2 is 1.80 bits per heavy atom. The van der Waals surface area contributed by atoms with Gasteiger partial charge in [-0.1, -0.05) is 12.1 Å². The fourth-order valence-electron chi connectivity index (χ4n) is 1.76. The number of thioether (sulfide) groups is 1. The van der Waals surface area contributed by atoms with E-state index in [0.717, 1.165) is 16.1 Å². The second kappa shape index (κ2) is 6.78. The zero-order valence-electron chi connectivity index (χ0n) is 11.1. The Hall–Kier alpha value is -2.25. The molecule has 3 nitrogen and oxygen atoms in total. The monoisotopic (exact) mass is 282 g/mol. The molecule has 1 N–H and O–H groups in total. The molecule has 0 fully saturated rings. The van der Waals surface area contributed by atoms with Gasteiger partial charge in [0.1, 0.15) is 0 Å². The van der Waals surface area contributed by atoms with Gasteiger partial charge in [-0.15, -0.1) is 11.8 Å². The summed E-state index contributed by atoms with van der Waals surface area (Å²) in [4.78, 5) is 13.1. The molecular formula is C16H14N2OS. The van der Waals surface area contributed by atoms with Crippen LogP contribution in [-0.4, -0.2) is 12.2 Å². The number of hydrogen-bond donors (Lipinski definition) is 1. The molecule has 0 saturated carbocycles. The Morgan fingerprint density at radius 3 is 2.35 bits per heavy atom. The largest absolute Gasteiger partial charge is 0.326 e. The Labute approximate surface area is 122 Å². The summed E-state index contributed by atoms with van der Waals surface area (Å²) in [6, 6.07) is 16.8. The number of carbonyl (C=O) groups is 1. The standard InChI is InChI=1S/C16H14N2OS/c1-20-15-8-6-14(7-9-15)18-16(19)10-12-2-4-13(11-17)5-3-12/h2-9H,10H2,1H3,(H,18,19). The van der Waals surface area contributed by atoms with E-state index in [0.29, 0.717) is 12.0 Å². The van der Waals surface area contributed by atoms with Gasteiger partial charge >= 0.3 is 0 Å². The number of nitrogens with one attached hydrogen (secondary N) is 1. The number of carbonyl (C=O) groups excluding carboxylic acids is 1. The molecule has 0 saturated heterocycles. The fourth-order valence-corrected chi connectivity index (χ4v) is 2.17. The summed E-state index contributed by atoms with van der Waals surface area (Å²) in [7, 11) is 0. The van der Waals surface area contributed by atoms with E-state index in [1.807, 2.05) is 30.5 Å². The van der Waals surface area contributed by atoms with E-state index in [4.69, 9.17) is 5.26 Å². The Bertz CT molecular complexity index is 627. The normalized spacial score (nSPS) is 9.80. The molecule has 20 heavy (non-hydrogen) atoms. The van der Waals surface area contributed by atoms with E-state index in [-0.39, 0.29) is 5.91 Å². The van der Waals surface area contributed by atoms with Gasteiger partial charge in [0.05, 0.1) is 18.1 Å². The maximum absolute atomic E-state index is 11.9. The third-order valence-corrected chi connectivity index (χ3v) is 3.57. The summed E-state index contributed by atoms with van der Waals surface area (Å²) < 4.78 is 0. The molecule has 0 unspecified atom stereocenters. The topological polar surface area (TPSA) is 52.9 Å². The third kappa shape index (κ3) is 3.87. The van der Waals surface area contributed by atoms with Gasteiger partial charge in [0.2, 0.25) is 5.91 Å². The molecular weight excluding hydrogens is 268 g/mol. The molecule has 0 heterocycles. The highest BCUT2D eigenvalue weighted by Crippen LogP contribution is 2.17. The van der Waals surface area contributed by atoms with E-state index in [1.165, 1.54) is 0 Å². The quantitative estimate of drug-likeness (QED) is 0.874. The Kier molecular flexibility index (Phi) is 4.80. The first-order valence-electron chi connectivity index (χ1n) is 6.14. The van der Waals surface area contributed by atoms with Crippen molar-refractivity contribution in [2.45, 2.75) is 11.3 Å². The lowest BCUT2D eigenvalue weighted by Gasteiger charge is -2.06. The van der Waals surface area contributed by atoms with Crippen LogP contribution in [0.15, 0.2) is 53.4 Å². The van der Waals surface area contributed by atoms with E-state index in [2.05, 4.69) is 11.4 Å². The molecule has 0 aliphatic heterocycles. The maximum Gasteiger partial charge on any atom is 0.228 e. The Morgan fingerprint density at radius 1 is 1.15 bits per heavy atom. The number of anilines is 1. The van der Waals surface area contributed by atoms with Crippen LogP contribution < -0.4 is 5.32 Å². The van der Waals surface area contributed by atoms with Crippen LogP contribution >= 0.6 is 11.8 Å². The second-order valence-electron chi connectivity index (χ2n) is 4.26. The zero-order valence-corrected chi connectivity index (χ0v) is 11.9. The van der Waals surface area contributed by atoms with Crippen molar-refractivity contribution in [3.05, 3.63) is 59.7 Å². The summed E-state index contributed by atoms with van der Waals surface area (Å²) in [6.07, 6.45) is 2.31. The zero-order chi connectivity index (χ0) is 14.4. The first-order valence-corrected chi connectivity index (χ1v) is 7.36. The number of nitrogens with zero attached hydrogens (tertiary/aromatic N) is 1. The molecule has 4 heteroatoms. The lowest BCUT2D eigenvalue weighted by Crippen LogP contribution is -2.14. The molecule has 0 radical (unpaired) electrons. The van der Waals surface area contributed by atoms with Gasteiger partial charge in [0, 0.05) is 10.6 Å². The van der Waals surface area contributed by atoms with Crippen molar-refractivity contribution in [3.8, 4) is 6.07 Å². The van der Waals surface area contributed by atoms with Crippen LogP contribution in [0.1, 0.15) is 11.1 Å². The summed E-state index contributed by atoms with van der Waals surface area (Å²) >= 11 is 1.66. The minimum Gasteiger partial charge on any atom is -0.326 e. The number of nitriles is 1. The molecule has 0 aromatic heterocycles. The number of amides is 1. The van der Waals surface area contributed by atoms with Crippen LogP contribution in [0.2, 0.25) is 0 Å². The van der Waals surface area contributed by atoms with Crippen LogP contribution in [0.5, 0.6) is 0 Å². The van der Waals surface area contributed by atoms with Crippen LogP contribution in [0.4, 0.5) is 5.69 Å². The lowest BCUT2D eigenvalue weighted by atomic mass is 10.1. The third-order valence-electron chi connectivity index (χ3n) is 2.82. The second-order valence-corrected chi connectivity index (χ2v) is 5.14. The summed E-state index contributed by atoms with van der Waals surface area (Å²) in [5, 5.41) is 11.6.